The average Bonchev–Trinajstić information content (AvgIpc) is 3.36. The number of alkyl halides is 7. The lowest BCUT2D eigenvalue weighted by Gasteiger charge is -2.27. The number of aromatic nitrogens is 2. The predicted octanol–water partition coefficient (Wildman–Crippen LogP) is 3.35. The number of anilines is 1. The Kier molecular flexibility index (Phi) is 9.46. The molecular formula is C26H21ClF7N7O5. The van der Waals surface area contributed by atoms with Crippen molar-refractivity contribution in [1.29, 1.82) is 0 Å². The average molecular weight is 680 g/mol. The number of ether oxygens (including phenoxy) is 1. The molecule has 2 heterocycles. The summed E-state index contributed by atoms with van der Waals surface area (Å²) in [6, 6.07) is 2.16. The molecular weight excluding hydrogens is 659 g/mol. The summed E-state index contributed by atoms with van der Waals surface area (Å²) in [4.78, 5) is 53.1. The van der Waals surface area contributed by atoms with E-state index in [1.54, 1.807) is 0 Å². The van der Waals surface area contributed by atoms with Gasteiger partial charge in [-0.1, -0.05) is 11.6 Å². The summed E-state index contributed by atoms with van der Waals surface area (Å²) in [5.41, 5.74) is 8.94. The van der Waals surface area contributed by atoms with E-state index in [1.165, 1.54) is 6.07 Å². The number of primary amides is 2. The van der Waals surface area contributed by atoms with Crippen LogP contribution in [-0.2, 0) is 25.3 Å². The summed E-state index contributed by atoms with van der Waals surface area (Å²) in [7, 11) is 0. The maximum Gasteiger partial charge on any atom is 0.491 e. The fourth-order valence-electron chi connectivity index (χ4n) is 4.61. The van der Waals surface area contributed by atoms with Crippen molar-refractivity contribution >= 4 is 57.9 Å². The molecule has 0 spiro atoms. The Bertz CT molecular complexity index is 1740. The largest absolute Gasteiger partial charge is 0.491 e. The topological polar surface area (TPSA) is 184 Å². The fraction of sp³-hybridized carbons (Fsp3) is 0.308. The van der Waals surface area contributed by atoms with Crippen molar-refractivity contribution in [1.82, 2.24) is 15.1 Å². The van der Waals surface area contributed by atoms with E-state index in [2.05, 4.69) is 25.5 Å². The van der Waals surface area contributed by atoms with Crippen LogP contribution in [0.1, 0.15) is 39.9 Å². The second-order valence-corrected chi connectivity index (χ2v) is 10.3. The Balaban J connectivity index is 1.90. The third-order valence-electron chi connectivity index (χ3n) is 6.68. The number of carbonyl (C=O) groups excluding carboxylic acids is 4. The molecule has 0 saturated heterocycles. The van der Waals surface area contributed by atoms with Crippen molar-refractivity contribution in [2.24, 2.45) is 16.5 Å². The molecule has 3 atom stereocenters. The second-order valence-electron chi connectivity index (χ2n) is 9.85. The highest BCUT2D eigenvalue weighted by Gasteiger charge is 2.44. The molecule has 2 aromatic carbocycles. The van der Waals surface area contributed by atoms with Crippen LogP contribution < -0.4 is 22.1 Å². The van der Waals surface area contributed by atoms with Crippen LogP contribution in [0.5, 0.6) is 0 Å². The Morgan fingerprint density at radius 3 is 2.37 bits per heavy atom. The summed E-state index contributed by atoms with van der Waals surface area (Å²) in [6.07, 6.45) is -12.1. The van der Waals surface area contributed by atoms with Gasteiger partial charge in [0.05, 0.1) is 42.5 Å². The van der Waals surface area contributed by atoms with E-state index in [9.17, 15) is 49.9 Å². The van der Waals surface area contributed by atoms with Crippen LogP contribution >= 0.6 is 11.6 Å². The Labute approximate surface area is 257 Å². The molecule has 2 unspecified atom stereocenters. The van der Waals surface area contributed by atoms with Crippen molar-refractivity contribution in [2.75, 3.05) is 18.4 Å². The van der Waals surface area contributed by atoms with Crippen molar-refractivity contribution < 1.29 is 54.6 Å². The lowest BCUT2D eigenvalue weighted by atomic mass is 9.86. The van der Waals surface area contributed by atoms with Gasteiger partial charge in [0.25, 0.3) is 0 Å². The van der Waals surface area contributed by atoms with Crippen molar-refractivity contribution in [3.63, 3.8) is 0 Å². The minimum absolute atomic E-state index is 0.0710. The monoisotopic (exact) mass is 679 g/mol. The molecule has 3 aromatic rings. The number of hydrogen-bond acceptors (Lipinski definition) is 9. The smallest absolute Gasteiger partial charge is 0.386 e. The molecule has 0 saturated carbocycles. The highest BCUT2D eigenvalue weighted by atomic mass is 35.5. The van der Waals surface area contributed by atoms with Crippen molar-refractivity contribution in [2.45, 2.75) is 36.9 Å². The fourth-order valence-corrected chi connectivity index (χ4v) is 4.87. The molecule has 4 rings (SSSR count). The van der Waals surface area contributed by atoms with Gasteiger partial charge < -0.3 is 26.8 Å². The molecule has 0 fully saturated rings. The number of esters is 2. The lowest BCUT2D eigenvalue weighted by molar-refractivity contribution is -0.202. The van der Waals surface area contributed by atoms with E-state index in [0.717, 1.165) is 23.0 Å². The van der Waals surface area contributed by atoms with E-state index in [4.69, 9.17) is 23.1 Å². The van der Waals surface area contributed by atoms with Gasteiger partial charge in [-0.25, -0.2) is 14.2 Å². The summed E-state index contributed by atoms with van der Waals surface area (Å²) in [5.74, 6) is -9.04. The van der Waals surface area contributed by atoms with Gasteiger partial charge in [-0.15, -0.1) is 0 Å². The Morgan fingerprint density at radius 1 is 1.11 bits per heavy atom. The van der Waals surface area contributed by atoms with E-state index in [-0.39, 0.29) is 41.2 Å². The van der Waals surface area contributed by atoms with Crippen LogP contribution in [0.2, 0.25) is 5.02 Å². The first-order chi connectivity index (χ1) is 21.4. The van der Waals surface area contributed by atoms with Crippen molar-refractivity contribution in [3.05, 3.63) is 58.2 Å². The van der Waals surface area contributed by atoms with Gasteiger partial charge in [-0.3, -0.25) is 19.1 Å². The molecule has 1 aliphatic rings. The number of nitrogens with zero attached hydrogens (tertiary/aromatic N) is 3. The van der Waals surface area contributed by atoms with Crippen LogP contribution in [0.4, 0.5) is 36.4 Å². The number of nitrogens with one attached hydrogen (secondary N) is 2. The number of fused-ring (bicyclic) bond motifs is 1. The van der Waals surface area contributed by atoms with E-state index >= 15 is 0 Å². The summed E-state index contributed by atoms with van der Waals surface area (Å²) in [6.45, 7) is -0.316. The van der Waals surface area contributed by atoms with Gasteiger partial charge in [-0.05, 0) is 35.9 Å². The van der Waals surface area contributed by atoms with Gasteiger partial charge in [0.2, 0.25) is 11.8 Å². The van der Waals surface area contributed by atoms with Gasteiger partial charge in [-0.2, -0.15) is 31.4 Å². The molecule has 246 valence electrons. The number of rotatable bonds is 8. The molecule has 12 nitrogen and oxygen atoms in total. The molecule has 0 radical (unpaired) electrons. The molecule has 46 heavy (non-hydrogen) atoms. The number of aliphatic imine (C=N–C) groups is 1. The predicted molar refractivity (Wildman–Crippen MR) is 146 cm³/mol. The van der Waals surface area contributed by atoms with Gasteiger partial charge in [0, 0.05) is 21.9 Å². The standard InChI is InChI=1S/C26H21ClF7N7O5/c27-16-2-1-11(25(29,30)31)5-13(16)14(6-19(42)46-23(45)26(32,33)34)20(22(36)44)41-18-4-10(21(35)43)3-17(15(18)9-39-41)40-24-37-7-12(28)8-38-24/h1-5,9,12,14,20H,6-8H2,(H2,35,43)(H2,36,44)(H2,37,38,40)/t14-,20?/m0/s1. The highest BCUT2D eigenvalue weighted by Crippen LogP contribution is 2.41. The first-order valence-electron chi connectivity index (χ1n) is 12.8. The molecule has 1 aliphatic heterocycles. The molecule has 2 amide bonds. The highest BCUT2D eigenvalue weighted by molar-refractivity contribution is 6.31. The molecule has 0 bridgehead atoms. The van der Waals surface area contributed by atoms with Gasteiger partial charge >= 0.3 is 24.3 Å². The second kappa shape index (κ2) is 12.8. The third kappa shape index (κ3) is 7.47. The van der Waals surface area contributed by atoms with Gasteiger partial charge in [0.15, 0.2) is 5.96 Å². The maximum atomic E-state index is 13.6. The number of hydrogen-bond donors (Lipinski definition) is 4. The SMILES string of the molecule is NC(=O)c1cc(NC2=NCC(F)CN2)c2cnn(C(C(N)=O)[C@@H](CC(=O)OC(=O)C(F)(F)F)c3cc(C(F)(F)F)ccc3Cl)c2c1. The van der Waals surface area contributed by atoms with Crippen LogP contribution in [0.15, 0.2) is 41.5 Å². The minimum Gasteiger partial charge on any atom is -0.386 e. The number of carbonyl (C=O) groups is 4. The van der Waals surface area contributed by atoms with Crippen LogP contribution in [-0.4, -0.2) is 64.9 Å². The zero-order valence-corrected chi connectivity index (χ0v) is 23.6. The maximum absolute atomic E-state index is 13.6. The van der Waals surface area contributed by atoms with Crippen LogP contribution in [0.3, 0.4) is 0 Å². The zero-order valence-electron chi connectivity index (χ0n) is 22.9. The van der Waals surface area contributed by atoms with E-state index in [0.29, 0.717) is 12.1 Å². The first-order valence-corrected chi connectivity index (χ1v) is 13.2. The Morgan fingerprint density at radius 2 is 1.80 bits per heavy atom. The molecule has 0 aliphatic carbocycles. The third-order valence-corrected chi connectivity index (χ3v) is 7.02. The lowest BCUT2D eigenvalue weighted by Crippen LogP contribution is -2.41. The van der Waals surface area contributed by atoms with Gasteiger partial charge in [0.1, 0.15) is 12.2 Å². The number of guanidine groups is 1. The number of amides is 2. The van der Waals surface area contributed by atoms with E-state index < -0.39 is 76.8 Å². The number of nitrogens with two attached hydrogens (primary N) is 2. The zero-order chi connectivity index (χ0) is 34.1. The number of halogens is 8. The van der Waals surface area contributed by atoms with Crippen LogP contribution in [0, 0.1) is 0 Å². The quantitative estimate of drug-likeness (QED) is 0.159. The minimum atomic E-state index is -5.61. The Hall–Kier alpha value is -4.94. The summed E-state index contributed by atoms with van der Waals surface area (Å²) in [5, 5.41) is 9.21. The van der Waals surface area contributed by atoms with Crippen molar-refractivity contribution in [3.8, 4) is 0 Å². The molecule has 20 heteroatoms. The van der Waals surface area contributed by atoms with Crippen LogP contribution in [0.25, 0.3) is 10.9 Å². The number of benzene rings is 2. The summed E-state index contributed by atoms with van der Waals surface area (Å²) < 4.78 is 97.5. The van der Waals surface area contributed by atoms with E-state index in [1.807, 2.05) is 0 Å². The molecule has 1 aromatic heterocycles. The summed E-state index contributed by atoms with van der Waals surface area (Å²) >= 11 is 6.18. The first kappa shape index (κ1) is 33.9. The normalized spacial score (nSPS) is 16.6. The molecule has 6 N–H and O–H groups in total.